The zero-order valence-corrected chi connectivity index (χ0v) is 15.8. The molecule has 136 valence electrons. The SMILES string of the molecule is CC1CC=C(CCC2=CCC(CCC3OCC(C)CO3)CC2)CC1. The lowest BCUT2D eigenvalue weighted by atomic mass is 9.83. The summed E-state index contributed by atoms with van der Waals surface area (Å²) in [7, 11) is 0. The van der Waals surface area contributed by atoms with E-state index in [0.717, 1.165) is 31.5 Å². The molecule has 0 N–H and O–H groups in total. The molecule has 0 saturated carbocycles. The van der Waals surface area contributed by atoms with E-state index >= 15 is 0 Å². The fraction of sp³-hybridized carbons (Fsp3) is 0.818. The van der Waals surface area contributed by atoms with Crippen LogP contribution in [0.2, 0.25) is 0 Å². The van der Waals surface area contributed by atoms with Gasteiger partial charge in [-0.15, -0.1) is 0 Å². The van der Waals surface area contributed by atoms with Crippen LogP contribution in [0.1, 0.15) is 78.1 Å². The minimum absolute atomic E-state index is 0.0622. The summed E-state index contributed by atoms with van der Waals surface area (Å²) in [6.45, 7) is 6.30. The second-order valence-electron chi connectivity index (χ2n) is 8.52. The third-order valence-corrected chi connectivity index (χ3v) is 6.09. The minimum atomic E-state index is 0.0622. The van der Waals surface area contributed by atoms with E-state index in [0.29, 0.717) is 5.92 Å². The molecule has 0 aromatic heterocycles. The predicted molar refractivity (Wildman–Crippen MR) is 99.8 cm³/mol. The Morgan fingerprint density at radius 3 is 2.08 bits per heavy atom. The summed E-state index contributed by atoms with van der Waals surface area (Å²) in [6.07, 6.45) is 18.1. The van der Waals surface area contributed by atoms with E-state index in [4.69, 9.17) is 9.47 Å². The molecule has 2 atom stereocenters. The number of hydrogen-bond acceptors (Lipinski definition) is 2. The van der Waals surface area contributed by atoms with Crippen molar-refractivity contribution in [3.05, 3.63) is 23.3 Å². The van der Waals surface area contributed by atoms with Crippen molar-refractivity contribution in [2.24, 2.45) is 17.8 Å². The Labute approximate surface area is 148 Å². The summed E-state index contributed by atoms with van der Waals surface area (Å²) in [5, 5.41) is 0. The Hall–Kier alpha value is -0.600. The maximum absolute atomic E-state index is 5.77. The average molecular weight is 333 g/mol. The minimum Gasteiger partial charge on any atom is -0.352 e. The second-order valence-corrected chi connectivity index (χ2v) is 8.52. The number of hydrogen-bond donors (Lipinski definition) is 0. The van der Waals surface area contributed by atoms with E-state index in [-0.39, 0.29) is 6.29 Å². The fourth-order valence-electron chi connectivity index (χ4n) is 4.18. The van der Waals surface area contributed by atoms with Crippen LogP contribution in [0.15, 0.2) is 23.3 Å². The summed E-state index contributed by atoms with van der Waals surface area (Å²) in [5.41, 5.74) is 3.43. The van der Waals surface area contributed by atoms with Gasteiger partial charge in [-0.05, 0) is 76.0 Å². The zero-order chi connectivity index (χ0) is 16.8. The molecule has 3 aliphatic rings. The highest BCUT2D eigenvalue weighted by Gasteiger charge is 2.21. The molecule has 1 heterocycles. The topological polar surface area (TPSA) is 18.5 Å². The number of rotatable bonds is 6. The summed E-state index contributed by atoms with van der Waals surface area (Å²) >= 11 is 0. The Bertz CT molecular complexity index is 443. The van der Waals surface area contributed by atoms with E-state index in [1.165, 1.54) is 57.8 Å². The Kier molecular flexibility index (Phi) is 6.97. The third-order valence-electron chi connectivity index (χ3n) is 6.09. The molecule has 2 aliphatic carbocycles. The molecule has 0 amide bonds. The maximum Gasteiger partial charge on any atom is 0.157 e. The quantitative estimate of drug-likeness (QED) is 0.553. The van der Waals surface area contributed by atoms with Crippen LogP contribution in [0.3, 0.4) is 0 Å². The fourth-order valence-corrected chi connectivity index (χ4v) is 4.18. The molecule has 1 aliphatic heterocycles. The largest absolute Gasteiger partial charge is 0.352 e. The molecule has 3 rings (SSSR count). The lowest BCUT2D eigenvalue weighted by molar-refractivity contribution is -0.201. The van der Waals surface area contributed by atoms with Crippen LogP contribution in [-0.2, 0) is 9.47 Å². The van der Waals surface area contributed by atoms with Crippen LogP contribution in [0.5, 0.6) is 0 Å². The smallest absolute Gasteiger partial charge is 0.157 e. The first-order valence-corrected chi connectivity index (χ1v) is 10.3. The van der Waals surface area contributed by atoms with Gasteiger partial charge in [0, 0.05) is 5.92 Å². The first kappa shape index (κ1) is 18.2. The summed E-state index contributed by atoms with van der Waals surface area (Å²) in [4.78, 5) is 0. The molecule has 0 radical (unpaired) electrons. The van der Waals surface area contributed by atoms with Crippen molar-refractivity contribution in [1.29, 1.82) is 0 Å². The standard InChI is InChI=1S/C22H36O2/c1-17-3-5-19(6-4-17)7-8-20-9-11-21(12-10-20)13-14-22-23-15-18(2)16-24-22/h5,9,17-18,21-22H,3-4,6-8,10-16H2,1-2H3. The van der Waals surface area contributed by atoms with E-state index in [1.807, 2.05) is 0 Å². The van der Waals surface area contributed by atoms with Crippen LogP contribution in [0.25, 0.3) is 0 Å². The van der Waals surface area contributed by atoms with Gasteiger partial charge in [0.05, 0.1) is 13.2 Å². The molecule has 0 bridgehead atoms. The van der Waals surface area contributed by atoms with Crippen LogP contribution < -0.4 is 0 Å². The molecule has 2 heteroatoms. The van der Waals surface area contributed by atoms with E-state index in [9.17, 15) is 0 Å². The predicted octanol–water partition coefficient (Wildman–Crippen LogP) is 6.03. The van der Waals surface area contributed by atoms with Gasteiger partial charge in [0.15, 0.2) is 6.29 Å². The molecule has 1 saturated heterocycles. The molecule has 0 aromatic carbocycles. The first-order valence-electron chi connectivity index (χ1n) is 10.3. The Balaban J connectivity index is 1.32. The van der Waals surface area contributed by atoms with Crippen molar-refractivity contribution in [1.82, 2.24) is 0 Å². The van der Waals surface area contributed by atoms with Crippen molar-refractivity contribution in [3.8, 4) is 0 Å². The molecule has 1 fully saturated rings. The summed E-state index contributed by atoms with van der Waals surface area (Å²) in [5.74, 6) is 2.31. The number of allylic oxidation sites excluding steroid dienone is 4. The molecule has 24 heavy (non-hydrogen) atoms. The highest BCUT2D eigenvalue weighted by molar-refractivity contribution is 5.12. The van der Waals surface area contributed by atoms with Crippen molar-refractivity contribution in [2.75, 3.05) is 13.2 Å². The van der Waals surface area contributed by atoms with Crippen molar-refractivity contribution in [2.45, 2.75) is 84.3 Å². The van der Waals surface area contributed by atoms with Crippen LogP contribution in [-0.4, -0.2) is 19.5 Å². The average Bonchev–Trinajstić information content (AvgIpc) is 2.62. The molecular weight excluding hydrogens is 296 g/mol. The van der Waals surface area contributed by atoms with E-state index < -0.39 is 0 Å². The molecule has 0 spiro atoms. The highest BCUT2D eigenvalue weighted by atomic mass is 16.7. The Morgan fingerprint density at radius 1 is 0.833 bits per heavy atom. The third kappa shape index (κ3) is 5.74. The lowest BCUT2D eigenvalue weighted by Gasteiger charge is -2.29. The zero-order valence-electron chi connectivity index (χ0n) is 15.8. The molecule has 2 nitrogen and oxygen atoms in total. The van der Waals surface area contributed by atoms with E-state index in [2.05, 4.69) is 26.0 Å². The molecule has 2 unspecified atom stereocenters. The lowest BCUT2D eigenvalue weighted by Crippen LogP contribution is -2.30. The highest BCUT2D eigenvalue weighted by Crippen LogP contribution is 2.33. The van der Waals surface area contributed by atoms with Gasteiger partial charge in [-0.1, -0.05) is 37.1 Å². The number of ether oxygens (including phenoxy) is 2. The van der Waals surface area contributed by atoms with Crippen molar-refractivity contribution >= 4 is 0 Å². The van der Waals surface area contributed by atoms with Gasteiger partial charge in [0.25, 0.3) is 0 Å². The van der Waals surface area contributed by atoms with Gasteiger partial charge >= 0.3 is 0 Å². The van der Waals surface area contributed by atoms with Gasteiger partial charge in [-0.2, -0.15) is 0 Å². The van der Waals surface area contributed by atoms with Crippen LogP contribution >= 0.6 is 0 Å². The molecular formula is C22H36O2. The van der Waals surface area contributed by atoms with Crippen molar-refractivity contribution in [3.63, 3.8) is 0 Å². The first-order chi connectivity index (χ1) is 11.7. The second kappa shape index (κ2) is 9.20. The maximum atomic E-state index is 5.77. The summed E-state index contributed by atoms with van der Waals surface area (Å²) in [6, 6.07) is 0. The summed E-state index contributed by atoms with van der Waals surface area (Å²) < 4.78 is 11.5. The van der Waals surface area contributed by atoms with Crippen molar-refractivity contribution < 1.29 is 9.47 Å². The van der Waals surface area contributed by atoms with E-state index in [1.54, 1.807) is 11.1 Å². The van der Waals surface area contributed by atoms with Crippen LogP contribution in [0, 0.1) is 17.8 Å². The monoisotopic (exact) mass is 332 g/mol. The Morgan fingerprint density at radius 2 is 1.50 bits per heavy atom. The van der Waals surface area contributed by atoms with Crippen LogP contribution in [0.4, 0.5) is 0 Å². The van der Waals surface area contributed by atoms with Gasteiger partial charge in [-0.3, -0.25) is 0 Å². The van der Waals surface area contributed by atoms with Gasteiger partial charge < -0.3 is 9.47 Å². The van der Waals surface area contributed by atoms with Gasteiger partial charge in [-0.25, -0.2) is 0 Å². The van der Waals surface area contributed by atoms with Gasteiger partial charge in [0.1, 0.15) is 0 Å². The molecule has 0 aromatic rings. The normalized spacial score (nSPS) is 34.6. The van der Waals surface area contributed by atoms with Gasteiger partial charge in [0.2, 0.25) is 0 Å².